The minimum Gasteiger partial charge on any atom is -0.369 e. The predicted molar refractivity (Wildman–Crippen MR) is 109 cm³/mol. The lowest BCUT2D eigenvalue weighted by Crippen LogP contribution is -2.14. The van der Waals surface area contributed by atoms with Crippen LogP contribution in [0.25, 0.3) is 0 Å². The summed E-state index contributed by atoms with van der Waals surface area (Å²) in [5, 5.41) is 14.2. The minimum atomic E-state index is -0.0586. The highest BCUT2D eigenvalue weighted by atomic mass is 16.1. The molecule has 1 aromatic heterocycles. The molecule has 0 fully saturated rings. The first-order chi connectivity index (χ1) is 13.3. The van der Waals surface area contributed by atoms with Gasteiger partial charge in [0.15, 0.2) is 5.82 Å². The van der Waals surface area contributed by atoms with Crippen LogP contribution in [0.1, 0.15) is 24.0 Å². The molecule has 0 aliphatic rings. The maximum Gasteiger partial charge on any atom is 0.225 e. The van der Waals surface area contributed by atoms with Crippen LogP contribution in [0.3, 0.4) is 0 Å². The summed E-state index contributed by atoms with van der Waals surface area (Å²) in [4.78, 5) is 12.0. The molecule has 1 heterocycles. The Morgan fingerprint density at radius 1 is 0.741 bits per heavy atom. The molecule has 0 aliphatic heterocycles. The summed E-state index contributed by atoms with van der Waals surface area (Å²) in [5.74, 6) is 1.13. The van der Waals surface area contributed by atoms with E-state index < -0.39 is 0 Å². The average Bonchev–Trinajstić information content (AvgIpc) is 2.72. The molecule has 0 unspecified atom stereocenters. The fraction of sp³-hybridized carbons (Fsp3) is 0.227. The van der Waals surface area contributed by atoms with E-state index in [-0.39, 0.29) is 5.91 Å². The summed E-state index contributed by atoms with van der Waals surface area (Å²) in [5.41, 5.74) is 2.48. The molecule has 5 heteroatoms. The lowest BCUT2D eigenvalue weighted by Gasteiger charge is -2.07. The largest absolute Gasteiger partial charge is 0.369 e. The fourth-order valence-electron chi connectivity index (χ4n) is 2.75. The van der Waals surface area contributed by atoms with Gasteiger partial charge in [0.05, 0.1) is 0 Å². The second-order valence-corrected chi connectivity index (χ2v) is 6.35. The van der Waals surface area contributed by atoms with E-state index >= 15 is 0 Å². The van der Waals surface area contributed by atoms with Gasteiger partial charge in [-0.1, -0.05) is 60.7 Å². The third-order valence-corrected chi connectivity index (χ3v) is 4.21. The summed E-state index contributed by atoms with van der Waals surface area (Å²) < 4.78 is 0. The van der Waals surface area contributed by atoms with Gasteiger partial charge < -0.3 is 10.6 Å². The monoisotopic (exact) mass is 360 g/mol. The average molecular weight is 360 g/mol. The Hall–Kier alpha value is -3.21. The summed E-state index contributed by atoms with van der Waals surface area (Å²) in [6.07, 6.45) is 3.17. The third kappa shape index (κ3) is 6.55. The lowest BCUT2D eigenvalue weighted by atomic mass is 10.1. The number of carbonyl (C=O) groups excluding carboxylic acids is 1. The van der Waals surface area contributed by atoms with Crippen LogP contribution in [0.4, 0.5) is 11.6 Å². The highest BCUT2D eigenvalue weighted by Gasteiger charge is 2.05. The predicted octanol–water partition coefficient (Wildman–Crippen LogP) is 4.09. The van der Waals surface area contributed by atoms with Crippen LogP contribution in [0, 0.1) is 0 Å². The number of benzene rings is 2. The number of aryl methyl sites for hydroxylation is 2. The van der Waals surface area contributed by atoms with Gasteiger partial charge in [-0.15, -0.1) is 10.2 Å². The van der Waals surface area contributed by atoms with E-state index in [2.05, 4.69) is 45.1 Å². The number of amides is 1. The quantitative estimate of drug-likeness (QED) is 0.564. The van der Waals surface area contributed by atoms with E-state index in [1.807, 2.05) is 42.5 Å². The molecule has 1 amide bonds. The van der Waals surface area contributed by atoms with Crippen molar-refractivity contribution in [1.29, 1.82) is 0 Å². The number of nitrogens with one attached hydrogen (secondary N) is 2. The number of anilines is 2. The molecule has 3 aromatic rings. The van der Waals surface area contributed by atoms with Crippen molar-refractivity contribution in [2.75, 3.05) is 17.2 Å². The van der Waals surface area contributed by atoms with Crippen molar-refractivity contribution in [2.45, 2.75) is 25.7 Å². The second kappa shape index (κ2) is 10.1. The number of aromatic nitrogens is 2. The molecule has 0 aliphatic carbocycles. The van der Waals surface area contributed by atoms with Crippen LogP contribution < -0.4 is 10.6 Å². The van der Waals surface area contributed by atoms with Crippen molar-refractivity contribution < 1.29 is 4.79 Å². The van der Waals surface area contributed by atoms with Gasteiger partial charge in [0.1, 0.15) is 5.82 Å². The third-order valence-electron chi connectivity index (χ3n) is 4.21. The Bertz CT molecular complexity index is 820. The molecule has 3 rings (SSSR count). The van der Waals surface area contributed by atoms with Crippen molar-refractivity contribution in [3.8, 4) is 0 Å². The maximum absolute atomic E-state index is 12.0. The summed E-state index contributed by atoms with van der Waals surface area (Å²) >= 11 is 0. The Morgan fingerprint density at radius 3 is 1.96 bits per heavy atom. The van der Waals surface area contributed by atoms with E-state index in [1.54, 1.807) is 6.07 Å². The van der Waals surface area contributed by atoms with E-state index in [1.165, 1.54) is 5.56 Å². The second-order valence-electron chi connectivity index (χ2n) is 6.35. The number of nitrogens with zero attached hydrogens (tertiary/aromatic N) is 2. The van der Waals surface area contributed by atoms with Gasteiger partial charge in [-0.25, -0.2) is 0 Å². The Balaban J connectivity index is 1.37. The first-order valence-electron chi connectivity index (χ1n) is 9.25. The van der Waals surface area contributed by atoms with Crippen molar-refractivity contribution >= 4 is 17.5 Å². The molecule has 0 saturated carbocycles. The smallest absolute Gasteiger partial charge is 0.225 e. The van der Waals surface area contributed by atoms with Gasteiger partial charge in [0.2, 0.25) is 5.91 Å². The standard InChI is InChI=1S/C22H24N4O/c27-22(16-13-19-10-5-2-6-11-19)24-21-15-14-20(25-26-21)23-17-7-12-18-8-3-1-4-9-18/h1-6,8-11,14-15H,7,12-13,16-17H2,(H,23,25)(H,24,26,27). The van der Waals surface area contributed by atoms with Gasteiger partial charge in [-0.3, -0.25) is 4.79 Å². The van der Waals surface area contributed by atoms with Crippen molar-refractivity contribution in [1.82, 2.24) is 10.2 Å². The normalized spacial score (nSPS) is 10.4. The molecule has 0 radical (unpaired) electrons. The summed E-state index contributed by atoms with van der Waals surface area (Å²) in [7, 11) is 0. The molecular weight excluding hydrogens is 336 g/mol. The van der Waals surface area contributed by atoms with Crippen LogP contribution in [0.2, 0.25) is 0 Å². The van der Waals surface area contributed by atoms with Crippen LogP contribution in [0.15, 0.2) is 72.8 Å². The van der Waals surface area contributed by atoms with Crippen molar-refractivity contribution in [3.63, 3.8) is 0 Å². The van der Waals surface area contributed by atoms with Gasteiger partial charge in [-0.05, 0) is 42.5 Å². The van der Waals surface area contributed by atoms with Gasteiger partial charge in [0.25, 0.3) is 0 Å². The van der Waals surface area contributed by atoms with E-state index in [0.29, 0.717) is 24.5 Å². The molecule has 5 nitrogen and oxygen atoms in total. The van der Waals surface area contributed by atoms with Crippen LogP contribution >= 0.6 is 0 Å². The summed E-state index contributed by atoms with van der Waals surface area (Å²) in [6, 6.07) is 24.0. The number of hydrogen-bond donors (Lipinski definition) is 2. The van der Waals surface area contributed by atoms with Crippen molar-refractivity contribution in [2.24, 2.45) is 0 Å². The Morgan fingerprint density at radius 2 is 1.33 bits per heavy atom. The lowest BCUT2D eigenvalue weighted by molar-refractivity contribution is -0.116. The number of hydrogen-bond acceptors (Lipinski definition) is 4. The van der Waals surface area contributed by atoms with Gasteiger partial charge >= 0.3 is 0 Å². The van der Waals surface area contributed by atoms with Gasteiger partial charge in [-0.2, -0.15) is 0 Å². The molecule has 2 N–H and O–H groups in total. The molecule has 0 atom stereocenters. The molecule has 138 valence electrons. The van der Waals surface area contributed by atoms with Gasteiger partial charge in [0, 0.05) is 13.0 Å². The molecule has 0 bridgehead atoms. The van der Waals surface area contributed by atoms with E-state index in [4.69, 9.17) is 0 Å². The zero-order valence-corrected chi connectivity index (χ0v) is 15.3. The minimum absolute atomic E-state index is 0.0586. The molecule has 27 heavy (non-hydrogen) atoms. The molecular formula is C22H24N4O. The fourth-order valence-corrected chi connectivity index (χ4v) is 2.75. The van der Waals surface area contributed by atoms with Crippen LogP contribution in [-0.2, 0) is 17.6 Å². The SMILES string of the molecule is O=C(CCc1ccccc1)Nc1ccc(NCCCc2ccccc2)nn1. The molecule has 0 spiro atoms. The Labute approximate surface area is 159 Å². The summed E-state index contributed by atoms with van der Waals surface area (Å²) in [6.45, 7) is 0.826. The highest BCUT2D eigenvalue weighted by molar-refractivity contribution is 5.89. The Kier molecular flexibility index (Phi) is 6.92. The van der Waals surface area contributed by atoms with E-state index in [9.17, 15) is 4.79 Å². The zero-order valence-electron chi connectivity index (χ0n) is 15.3. The molecule has 2 aromatic carbocycles. The van der Waals surface area contributed by atoms with Crippen LogP contribution in [-0.4, -0.2) is 22.6 Å². The van der Waals surface area contributed by atoms with E-state index in [0.717, 1.165) is 24.9 Å². The topological polar surface area (TPSA) is 66.9 Å². The number of carbonyl (C=O) groups is 1. The molecule has 0 saturated heterocycles. The van der Waals surface area contributed by atoms with Crippen molar-refractivity contribution in [3.05, 3.63) is 83.9 Å². The maximum atomic E-state index is 12.0. The first-order valence-corrected chi connectivity index (χ1v) is 9.25. The number of rotatable bonds is 9. The highest BCUT2D eigenvalue weighted by Crippen LogP contribution is 2.09. The zero-order chi connectivity index (χ0) is 18.7. The first kappa shape index (κ1) is 18.6. The van der Waals surface area contributed by atoms with Crippen LogP contribution in [0.5, 0.6) is 0 Å².